The average Bonchev–Trinajstić information content (AvgIpc) is 2.77. The molecule has 1 aliphatic carbocycles. The van der Waals surface area contributed by atoms with Gasteiger partial charge in [0.2, 0.25) is 5.91 Å². The van der Waals surface area contributed by atoms with Crippen LogP contribution in [0.15, 0.2) is 12.4 Å². The van der Waals surface area contributed by atoms with Gasteiger partial charge in [-0.3, -0.25) is 9.48 Å². The van der Waals surface area contributed by atoms with Gasteiger partial charge in [-0.25, -0.2) is 0 Å². The zero-order chi connectivity index (χ0) is 14.0. The van der Waals surface area contributed by atoms with Crippen LogP contribution in [0.1, 0.15) is 51.1 Å². The SMILES string of the molecule is Cn1cc(C(N)C(=O)NC2CCC(C)(C)CC2)cn1. The summed E-state index contributed by atoms with van der Waals surface area (Å²) in [6.07, 6.45) is 7.82. The molecule has 1 fully saturated rings. The Labute approximate surface area is 114 Å². The van der Waals surface area contributed by atoms with Crippen LogP contribution in [-0.2, 0) is 11.8 Å². The molecule has 1 heterocycles. The van der Waals surface area contributed by atoms with Crippen molar-refractivity contribution in [1.29, 1.82) is 0 Å². The van der Waals surface area contributed by atoms with Crippen molar-refractivity contribution in [2.45, 2.75) is 51.6 Å². The molecule has 0 aliphatic heterocycles. The number of amides is 1. The average molecular weight is 264 g/mol. The van der Waals surface area contributed by atoms with E-state index in [-0.39, 0.29) is 11.9 Å². The van der Waals surface area contributed by atoms with E-state index in [2.05, 4.69) is 24.3 Å². The van der Waals surface area contributed by atoms with Gasteiger partial charge in [0.1, 0.15) is 6.04 Å². The number of carbonyl (C=O) groups is 1. The lowest BCUT2D eigenvalue weighted by molar-refractivity contribution is -0.123. The minimum absolute atomic E-state index is 0.0993. The summed E-state index contributed by atoms with van der Waals surface area (Å²) in [5.74, 6) is -0.0993. The molecule has 1 atom stereocenters. The molecular formula is C14H24N4O. The Bertz CT molecular complexity index is 442. The van der Waals surface area contributed by atoms with Crippen LogP contribution >= 0.6 is 0 Å². The lowest BCUT2D eigenvalue weighted by Gasteiger charge is -2.34. The first-order valence-corrected chi connectivity index (χ1v) is 6.92. The zero-order valence-corrected chi connectivity index (χ0v) is 12.0. The topological polar surface area (TPSA) is 72.9 Å². The Hall–Kier alpha value is -1.36. The maximum Gasteiger partial charge on any atom is 0.241 e. The lowest BCUT2D eigenvalue weighted by Crippen LogP contribution is -2.43. The highest BCUT2D eigenvalue weighted by atomic mass is 16.2. The number of nitrogens with one attached hydrogen (secondary N) is 1. The van der Waals surface area contributed by atoms with Crippen molar-refractivity contribution in [3.05, 3.63) is 18.0 Å². The van der Waals surface area contributed by atoms with E-state index in [9.17, 15) is 4.79 Å². The minimum atomic E-state index is -0.622. The summed E-state index contributed by atoms with van der Waals surface area (Å²) in [5.41, 5.74) is 7.13. The first kappa shape index (κ1) is 14.1. The molecule has 1 aromatic heterocycles. The molecule has 106 valence electrons. The molecule has 0 bridgehead atoms. The van der Waals surface area contributed by atoms with Crippen LogP contribution in [0.4, 0.5) is 0 Å². The molecule has 5 heteroatoms. The molecule has 1 aromatic rings. The van der Waals surface area contributed by atoms with Gasteiger partial charge in [0.25, 0.3) is 0 Å². The van der Waals surface area contributed by atoms with E-state index in [0.717, 1.165) is 31.2 Å². The van der Waals surface area contributed by atoms with Crippen LogP contribution in [0.3, 0.4) is 0 Å². The first-order chi connectivity index (χ1) is 8.87. The van der Waals surface area contributed by atoms with Crippen molar-refractivity contribution in [2.75, 3.05) is 0 Å². The van der Waals surface area contributed by atoms with Gasteiger partial charge >= 0.3 is 0 Å². The van der Waals surface area contributed by atoms with Gasteiger partial charge in [-0.05, 0) is 31.1 Å². The maximum atomic E-state index is 12.1. The van der Waals surface area contributed by atoms with Gasteiger partial charge in [0, 0.05) is 24.8 Å². The number of nitrogens with zero attached hydrogens (tertiary/aromatic N) is 2. The molecule has 0 saturated heterocycles. The number of nitrogens with two attached hydrogens (primary N) is 1. The van der Waals surface area contributed by atoms with E-state index in [1.54, 1.807) is 17.1 Å². The molecule has 1 saturated carbocycles. The van der Waals surface area contributed by atoms with Crippen molar-refractivity contribution in [1.82, 2.24) is 15.1 Å². The molecule has 0 spiro atoms. The van der Waals surface area contributed by atoms with Crippen molar-refractivity contribution >= 4 is 5.91 Å². The van der Waals surface area contributed by atoms with Gasteiger partial charge in [0.05, 0.1) is 6.20 Å². The van der Waals surface area contributed by atoms with E-state index in [1.807, 2.05) is 7.05 Å². The van der Waals surface area contributed by atoms with Gasteiger partial charge in [-0.2, -0.15) is 5.10 Å². The Balaban J connectivity index is 1.88. The molecular weight excluding hydrogens is 240 g/mol. The minimum Gasteiger partial charge on any atom is -0.352 e. The number of hydrogen-bond donors (Lipinski definition) is 2. The van der Waals surface area contributed by atoms with Crippen LogP contribution in [-0.4, -0.2) is 21.7 Å². The second kappa shape index (κ2) is 5.33. The largest absolute Gasteiger partial charge is 0.352 e. The van der Waals surface area contributed by atoms with E-state index in [1.165, 1.54) is 0 Å². The lowest BCUT2D eigenvalue weighted by atomic mass is 9.75. The number of hydrogen-bond acceptors (Lipinski definition) is 3. The molecule has 1 aliphatic rings. The van der Waals surface area contributed by atoms with Crippen molar-refractivity contribution in [3.63, 3.8) is 0 Å². The van der Waals surface area contributed by atoms with E-state index >= 15 is 0 Å². The number of aryl methyl sites for hydroxylation is 1. The van der Waals surface area contributed by atoms with Crippen molar-refractivity contribution < 1.29 is 4.79 Å². The molecule has 0 radical (unpaired) electrons. The van der Waals surface area contributed by atoms with Crippen LogP contribution in [0.2, 0.25) is 0 Å². The predicted octanol–water partition coefficient (Wildman–Crippen LogP) is 1.50. The molecule has 1 unspecified atom stereocenters. The van der Waals surface area contributed by atoms with Gasteiger partial charge in [0.15, 0.2) is 0 Å². The fourth-order valence-electron chi connectivity index (χ4n) is 2.59. The Morgan fingerprint density at radius 1 is 1.53 bits per heavy atom. The van der Waals surface area contributed by atoms with Gasteiger partial charge < -0.3 is 11.1 Å². The van der Waals surface area contributed by atoms with Crippen LogP contribution in [0.5, 0.6) is 0 Å². The van der Waals surface area contributed by atoms with Crippen molar-refractivity contribution in [3.8, 4) is 0 Å². The van der Waals surface area contributed by atoms with Crippen LogP contribution in [0, 0.1) is 5.41 Å². The van der Waals surface area contributed by atoms with E-state index in [0.29, 0.717) is 5.41 Å². The standard InChI is InChI=1S/C14H24N4O/c1-14(2)6-4-11(5-7-14)17-13(19)12(15)10-8-16-18(3)9-10/h8-9,11-12H,4-7,15H2,1-3H3,(H,17,19). The summed E-state index contributed by atoms with van der Waals surface area (Å²) in [6, 6.07) is -0.355. The maximum absolute atomic E-state index is 12.1. The highest BCUT2D eigenvalue weighted by Crippen LogP contribution is 2.35. The molecule has 2 rings (SSSR count). The summed E-state index contributed by atoms with van der Waals surface area (Å²) in [5, 5.41) is 7.11. The van der Waals surface area contributed by atoms with Gasteiger partial charge in [-0.15, -0.1) is 0 Å². The fourth-order valence-corrected chi connectivity index (χ4v) is 2.59. The highest BCUT2D eigenvalue weighted by Gasteiger charge is 2.28. The summed E-state index contributed by atoms with van der Waals surface area (Å²) in [4.78, 5) is 12.1. The Morgan fingerprint density at radius 3 is 2.68 bits per heavy atom. The molecule has 19 heavy (non-hydrogen) atoms. The third-order valence-corrected chi connectivity index (χ3v) is 4.05. The second-order valence-corrected chi connectivity index (χ2v) is 6.37. The van der Waals surface area contributed by atoms with Crippen LogP contribution in [0.25, 0.3) is 0 Å². The summed E-state index contributed by atoms with van der Waals surface area (Å²) in [6.45, 7) is 4.57. The van der Waals surface area contributed by atoms with Crippen LogP contribution < -0.4 is 11.1 Å². The summed E-state index contributed by atoms with van der Waals surface area (Å²) >= 11 is 0. The quantitative estimate of drug-likeness (QED) is 0.869. The third kappa shape index (κ3) is 3.56. The van der Waals surface area contributed by atoms with Gasteiger partial charge in [-0.1, -0.05) is 13.8 Å². The molecule has 5 nitrogen and oxygen atoms in total. The zero-order valence-electron chi connectivity index (χ0n) is 12.0. The summed E-state index contributed by atoms with van der Waals surface area (Å²) < 4.78 is 1.66. The fraction of sp³-hybridized carbons (Fsp3) is 0.714. The second-order valence-electron chi connectivity index (χ2n) is 6.37. The number of rotatable bonds is 3. The monoisotopic (exact) mass is 264 g/mol. The first-order valence-electron chi connectivity index (χ1n) is 6.92. The smallest absolute Gasteiger partial charge is 0.241 e. The molecule has 3 N–H and O–H groups in total. The summed E-state index contributed by atoms with van der Waals surface area (Å²) in [7, 11) is 1.82. The van der Waals surface area contributed by atoms with E-state index < -0.39 is 6.04 Å². The Kier molecular flexibility index (Phi) is 3.94. The van der Waals surface area contributed by atoms with E-state index in [4.69, 9.17) is 5.73 Å². The predicted molar refractivity (Wildman–Crippen MR) is 74.3 cm³/mol. The third-order valence-electron chi connectivity index (χ3n) is 4.05. The highest BCUT2D eigenvalue weighted by molar-refractivity contribution is 5.83. The normalized spacial score (nSPS) is 21.1. The molecule has 0 aromatic carbocycles. The van der Waals surface area contributed by atoms with Crippen molar-refractivity contribution in [2.24, 2.45) is 18.2 Å². The molecule has 1 amide bonds. The number of aromatic nitrogens is 2. The Morgan fingerprint density at radius 2 is 2.16 bits per heavy atom. The number of carbonyl (C=O) groups excluding carboxylic acids is 1.